The van der Waals surface area contributed by atoms with E-state index in [-0.39, 0.29) is 29.8 Å². The second-order valence-corrected chi connectivity index (χ2v) is 4.96. The lowest BCUT2D eigenvalue weighted by Crippen LogP contribution is -2.40. The van der Waals surface area contributed by atoms with Crippen LogP contribution < -0.4 is 16.4 Å². The molecule has 0 aromatic carbocycles. The first-order chi connectivity index (χ1) is 8.00. The Morgan fingerprint density at radius 1 is 1.35 bits per heavy atom. The van der Waals surface area contributed by atoms with Crippen molar-refractivity contribution in [3.8, 4) is 0 Å². The van der Waals surface area contributed by atoms with Gasteiger partial charge in [-0.2, -0.15) is 0 Å². The van der Waals surface area contributed by atoms with Gasteiger partial charge in [-0.25, -0.2) is 0 Å². The van der Waals surface area contributed by atoms with Gasteiger partial charge in [-0.1, -0.05) is 6.42 Å². The van der Waals surface area contributed by atoms with Gasteiger partial charge in [-0.3, -0.25) is 9.59 Å². The molecule has 4 N–H and O–H groups in total. The van der Waals surface area contributed by atoms with Gasteiger partial charge in [-0.15, -0.1) is 0 Å². The van der Waals surface area contributed by atoms with Gasteiger partial charge in [0.2, 0.25) is 11.8 Å². The Kier molecular flexibility index (Phi) is 5.41. The van der Waals surface area contributed by atoms with Crippen molar-refractivity contribution in [2.24, 2.45) is 11.7 Å². The summed E-state index contributed by atoms with van der Waals surface area (Å²) in [7, 11) is 0. The summed E-state index contributed by atoms with van der Waals surface area (Å²) in [5.74, 6) is -0.105. The summed E-state index contributed by atoms with van der Waals surface area (Å²) in [6.45, 7) is 4.21. The van der Waals surface area contributed by atoms with Gasteiger partial charge in [-0.05, 0) is 26.7 Å². The van der Waals surface area contributed by atoms with Crippen LogP contribution in [-0.2, 0) is 9.59 Å². The first-order valence-corrected chi connectivity index (χ1v) is 6.33. The first kappa shape index (κ1) is 14.0. The Morgan fingerprint density at radius 2 is 2.06 bits per heavy atom. The van der Waals surface area contributed by atoms with Crippen LogP contribution in [0.3, 0.4) is 0 Å². The van der Waals surface area contributed by atoms with Crippen LogP contribution in [0.15, 0.2) is 0 Å². The van der Waals surface area contributed by atoms with Gasteiger partial charge in [0, 0.05) is 25.0 Å². The molecule has 5 nitrogen and oxygen atoms in total. The predicted octanol–water partition coefficient (Wildman–Crippen LogP) is 0.145. The molecule has 0 spiro atoms. The molecule has 1 rings (SSSR count). The molecule has 0 radical (unpaired) electrons. The maximum atomic E-state index is 11.7. The lowest BCUT2D eigenvalue weighted by molar-refractivity contribution is -0.125. The third kappa shape index (κ3) is 4.73. The van der Waals surface area contributed by atoms with E-state index in [4.69, 9.17) is 5.73 Å². The van der Waals surface area contributed by atoms with E-state index in [1.807, 2.05) is 13.8 Å². The molecule has 17 heavy (non-hydrogen) atoms. The van der Waals surface area contributed by atoms with E-state index in [0.29, 0.717) is 13.0 Å². The van der Waals surface area contributed by atoms with E-state index >= 15 is 0 Å². The van der Waals surface area contributed by atoms with Crippen LogP contribution in [0.25, 0.3) is 0 Å². The zero-order valence-electron chi connectivity index (χ0n) is 10.7. The van der Waals surface area contributed by atoms with Crippen molar-refractivity contribution in [2.45, 2.75) is 51.6 Å². The lowest BCUT2D eigenvalue weighted by Gasteiger charge is -2.15. The van der Waals surface area contributed by atoms with E-state index < -0.39 is 0 Å². The standard InChI is InChI=1S/C12H23N3O2/c1-8(2)15-11(16)6-7-14-12(17)9-4-3-5-10(9)13/h8-10H,3-7,13H2,1-2H3,(H,14,17)(H,15,16). The maximum Gasteiger partial charge on any atom is 0.224 e. The topological polar surface area (TPSA) is 84.2 Å². The van der Waals surface area contributed by atoms with E-state index in [2.05, 4.69) is 10.6 Å². The normalized spacial score (nSPS) is 23.8. The summed E-state index contributed by atoms with van der Waals surface area (Å²) in [4.78, 5) is 23.1. The summed E-state index contributed by atoms with van der Waals surface area (Å²) in [5.41, 5.74) is 5.84. The third-order valence-electron chi connectivity index (χ3n) is 3.01. The average molecular weight is 241 g/mol. The van der Waals surface area contributed by atoms with Crippen LogP contribution in [-0.4, -0.2) is 30.4 Å². The number of rotatable bonds is 5. The third-order valence-corrected chi connectivity index (χ3v) is 3.01. The van der Waals surface area contributed by atoms with Crippen molar-refractivity contribution in [1.29, 1.82) is 0 Å². The predicted molar refractivity (Wildman–Crippen MR) is 66.2 cm³/mol. The highest BCUT2D eigenvalue weighted by Crippen LogP contribution is 2.23. The molecular formula is C12H23N3O2. The second-order valence-electron chi connectivity index (χ2n) is 4.96. The number of carbonyl (C=O) groups is 2. The minimum absolute atomic E-state index is 0.00709. The van der Waals surface area contributed by atoms with E-state index in [0.717, 1.165) is 19.3 Å². The van der Waals surface area contributed by atoms with Crippen molar-refractivity contribution in [3.05, 3.63) is 0 Å². The zero-order valence-corrected chi connectivity index (χ0v) is 10.7. The van der Waals surface area contributed by atoms with E-state index in [9.17, 15) is 9.59 Å². The smallest absolute Gasteiger partial charge is 0.224 e. The fourth-order valence-electron chi connectivity index (χ4n) is 2.14. The van der Waals surface area contributed by atoms with E-state index in [1.165, 1.54) is 0 Å². The van der Waals surface area contributed by atoms with Crippen LogP contribution in [0.1, 0.15) is 39.5 Å². The molecule has 0 aromatic rings. The number of hydrogen-bond donors (Lipinski definition) is 3. The molecule has 2 unspecified atom stereocenters. The fourth-order valence-corrected chi connectivity index (χ4v) is 2.14. The van der Waals surface area contributed by atoms with Gasteiger partial charge < -0.3 is 16.4 Å². The Labute approximate surface area is 103 Å². The Bertz CT molecular complexity index is 279. The largest absolute Gasteiger partial charge is 0.355 e. The summed E-state index contributed by atoms with van der Waals surface area (Å²) in [6, 6.07) is 0.126. The minimum Gasteiger partial charge on any atom is -0.355 e. The van der Waals surface area contributed by atoms with Crippen molar-refractivity contribution in [2.75, 3.05) is 6.54 Å². The molecule has 2 amide bonds. The number of hydrogen-bond acceptors (Lipinski definition) is 3. The highest BCUT2D eigenvalue weighted by atomic mass is 16.2. The molecule has 0 aliphatic heterocycles. The van der Waals surface area contributed by atoms with Crippen LogP contribution in [0, 0.1) is 5.92 Å². The van der Waals surface area contributed by atoms with Gasteiger partial charge in [0.15, 0.2) is 0 Å². The lowest BCUT2D eigenvalue weighted by atomic mass is 10.0. The molecule has 2 atom stereocenters. The molecule has 1 saturated carbocycles. The van der Waals surface area contributed by atoms with Crippen molar-refractivity contribution >= 4 is 11.8 Å². The minimum atomic E-state index is -0.0665. The molecular weight excluding hydrogens is 218 g/mol. The molecule has 98 valence electrons. The zero-order chi connectivity index (χ0) is 12.8. The Hall–Kier alpha value is -1.10. The highest BCUT2D eigenvalue weighted by molar-refractivity contribution is 5.81. The molecule has 0 heterocycles. The Morgan fingerprint density at radius 3 is 2.59 bits per heavy atom. The van der Waals surface area contributed by atoms with Gasteiger partial charge in [0.25, 0.3) is 0 Å². The summed E-state index contributed by atoms with van der Waals surface area (Å²) in [6.07, 6.45) is 3.13. The van der Waals surface area contributed by atoms with Crippen molar-refractivity contribution < 1.29 is 9.59 Å². The highest BCUT2D eigenvalue weighted by Gasteiger charge is 2.29. The van der Waals surface area contributed by atoms with Crippen LogP contribution >= 0.6 is 0 Å². The van der Waals surface area contributed by atoms with E-state index in [1.54, 1.807) is 0 Å². The van der Waals surface area contributed by atoms with Crippen molar-refractivity contribution in [1.82, 2.24) is 10.6 Å². The number of carbonyl (C=O) groups excluding carboxylic acids is 2. The molecule has 0 saturated heterocycles. The van der Waals surface area contributed by atoms with Gasteiger partial charge >= 0.3 is 0 Å². The SMILES string of the molecule is CC(C)NC(=O)CCNC(=O)C1CCCC1N. The van der Waals surface area contributed by atoms with Crippen LogP contribution in [0.2, 0.25) is 0 Å². The second kappa shape index (κ2) is 6.59. The molecule has 0 bridgehead atoms. The fraction of sp³-hybridized carbons (Fsp3) is 0.833. The number of nitrogens with one attached hydrogen (secondary N) is 2. The molecule has 1 aliphatic carbocycles. The molecule has 5 heteroatoms. The summed E-state index contributed by atoms with van der Waals surface area (Å²) < 4.78 is 0. The summed E-state index contributed by atoms with van der Waals surface area (Å²) in [5, 5.41) is 5.56. The molecule has 1 aliphatic rings. The van der Waals surface area contributed by atoms with Crippen LogP contribution in [0.5, 0.6) is 0 Å². The number of nitrogens with two attached hydrogens (primary N) is 1. The molecule has 0 aromatic heterocycles. The first-order valence-electron chi connectivity index (χ1n) is 6.33. The van der Waals surface area contributed by atoms with Gasteiger partial charge in [0.1, 0.15) is 0 Å². The summed E-state index contributed by atoms with van der Waals surface area (Å²) >= 11 is 0. The van der Waals surface area contributed by atoms with Gasteiger partial charge in [0.05, 0.1) is 5.92 Å². The quantitative estimate of drug-likeness (QED) is 0.640. The van der Waals surface area contributed by atoms with Crippen molar-refractivity contribution in [3.63, 3.8) is 0 Å². The monoisotopic (exact) mass is 241 g/mol. The maximum absolute atomic E-state index is 11.7. The van der Waals surface area contributed by atoms with Crippen LogP contribution in [0.4, 0.5) is 0 Å². The average Bonchev–Trinajstić information content (AvgIpc) is 2.63. The number of amides is 2. The molecule has 1 fully saturated rings. The Balaban J connectivity index is 2.18.